The number of fused-ring (bicyclic) bond motifs is 1. The van der Waals surface area contributed by atoms with Gasteiger partial charge in [0.25, 0.3) is 0 Å². The van der Waals surface area contributed by atoms with Crippen LogP contribution >= 0.6 is 0 Å². The van der Waals surface area contributed by atoms with Gasteiger partial charge in [-0.2, -0.15) is 0 Å². The molecule has 1 amide bonds. The SMILES string of the molecule is CCN1CCC(CCNC(=O)C2CC3CCCCC3N2)CC1. The molecule has 3 unspecified atom stereocenters. The third-order valence-corrected chi connectivity index (χ3v) is 6.19. The van der Waals surface area contributed by atoms with Crippen molar-refractivity contribution in [3.8, 4) is 0 Å². The number of nitrogens with one attached hydrogen (secondary N) is 2. The van der Waals surface area contributed by atoms with E-state index >= 15 is 0 Å². The number of amides is 1. The van der Waals surface area contributed by atoms with E-state index in [1.807, 2.05) is 0 Å². The van der Waals surface area contributed by atoms with Crippen molar-refractivity contribution in [1.29, 1.82) is 0 Å². The van der Waals surface area contributed by atoms with Crippen molar-refractivity contribution in [2.45, 2.75) is 70.4 Å². The summed E-state index contributed by atoms with van der Waals surface area (Å²) in [4.78, 5) is 14.9. The lowest BCUT2D eigenvalue weighted by molar-refractivity contribution is -0.122. The van der Waals surface area contributed by atoms with Gasteiger partial charge in [0.2, 0.25) is 5.91 Å². The molecule has 0 spiro atoms. The smallest absolute Gasteiger partial charge is 0.237 e. The third kappa shape index (κ3) is 4.02. The van der Waals surface area contributed by atoms with Crippen LogP contribution in [-0.4, -0.2) is 49.1 Å². The molecule has 3 rings (SSSR count). The Hall–Kier alpha value is -0.610. The maximum Gasteiger partial charge on any atom is 0.237 e. The van der Waals surface area contributed by atoms with Gasteiger partial charge in [-0.1, -0.05) is 19.8 Å². The minimum atomic E-state index is 0.0787. The number of likely N-dealkylation sites (tertiary alicyclic amines) is 1. The molecule has 0 aromatic carbocycles. The number of carbonyl (C=O) groups is 1. The fourth-order valence-electron chi connectivity index (χ4n) is 4.64. The van der Waals surface area contributed by atoms with Crippen molar-refractivity contribution >= 4 is 5.91 Å². The standard InChI is InChI=1S/C18H33N3O/c1-2-21-11-8-14(9-12-21)7-10-19-18(22)17-13-15-5-3-4-6-16(15)20-17/h14-17,20H,2-13H2,1H3,(H,19,22). The summed E-state index contributed by atoms with van der Waals surface area (Å²) in [5.74, 6) is 1.81. The summed E-state index contributed by atoms with van der Waals surface area (Å²) in [5, 5.41) is 6.77. The molecule has 1 saturated carbocycles. The van der Waals surface area contributed by atoms with E-state index in [9.17, 15) is 4.79 Å². The zero-order valence-electron chi connectivity index (χ0n) is 14.2. The van der Waals surface area contributed by atoms with Gasteiger partial charge in [-0.05, 0) is 70.0 Å². The van der Waals surface area contributed by atoms with Gasteiger partial charge in [0.05, 0.1) is 6.04 Å². The Bertz CT molecular complexity index is 351. The summed E-state index contributed by atoms with van der Waals surface area (Å²) in [6, 6.07) is 0.693. The highest BCUT2D eigenvalue weighted by Crippen LogP contribution is 2.33. The Kier molecular flexibility index (Phi) is 5.75. The quantitative estimate of drug-likeness (QED) is 0.818. The average Bonchev–Trinajstić information content (AvgIpc) is 2.99. The van der Waals surface area contributed by atoms with Crippen molar-refractivity contribution in [2.24, 2.45) is 11.8 Å². The van der Waals surface area contributed by atoms with Crippen LogP contribution in [0.15, 0.2) is 0 Å². The van der Waals surface area contributed by atoms with Crippen LogP contribution in [0, 0.1) is 11.8 Å². The zero-order chi connectivity index (χ0) is 15.4. The number of carbonyl (C=O) groups excluding carboxylic acids is 1. The molecule has 0 aromatic heterocycles. The van der Waals surface area contributed by atoms with Crippen molar-refractivity contribution in [3.05, 3.63) is 0 Å². The van der Waals surface area contributed by atoms with Crippen LogP contribution in [0.3, 0.4) is 0 Å². The minimum absolute atomic E-state index is 0.0787. The molecule has 0 bridgehead atoms. The number of piperidine rings is 1. The Morgan fingerprint density at radius 3 is 2.68 bits per heavy atom. The molecular weight excluding hydrogens is 274 g/mol. The van der Waals surface area contributed by atoms with E-state index in [4.69, 9.17) is 0 Å². The van der Waals surface area contributed by atoms with Gasteiger partial charge in [0.1, 0.15) is 0 Å². The summed E-state index contributed by atoms with van der Waals surface area (Å²) in [7, 11) is 0. The van der Waals surface area contributed by atoms with Gasteiger partial charge in [-0.25, -0.2) is 0 Å². The van der Waals surface area contributed by atoms with E-state index in [1.54, 1.807) is 0 Å². The average molecular weight is 307 g/mol. The largest absolute Gasteiger partial charge is 0.355 e. The van der Waals surface area contributed by atoms with Crippen molar-refractivity contribution in [2.75, 3.05) is 26.2 Å². The number of hydrogen-bond donors (Lipinski definition) is 2. The Morgan fingerprint density at radius 1 is 1.18 bits per heavy atom. The third-order valence-electron chi connectivity index (χ3n) is 6.19. The lowest BCUT2D eigenvalue weighted by atomic mass is 9.85. The maximum atomic E-state index is 12.3. The summed E-state index contributed by atoms with van der Waals surface area (Å²) in [6.07, 6.45) is 10.1. The Morgan fingerprint density at radius 2 is 1.95 bits per heavy atom. The van der Waals surface area contributed by atoms with Crippen LogP contribution in [0.5, 0.6) is 0 Å². The molecular formula is C18H33N3O. The molecule has 2 aliphatic heterocycles. The fourth-order valence-corrected chi connectivity index (χ4v) is 4.64. The van der Waals surface area contributed by atoms with Crippen molar-refractivity contribution in [3.63, 3.8) is 0 Å². The predicted molar refractivity (Wildman–Crippen MR) is 89.8 cm³/mol. The highest BCUT2D eigenvalue weighted by atomic mass is 16.2. The second-order valence-corrected chi connectivity index (χ2v) is 7.56. The van der Waals surface area contributed by atoms with E-state index in [-0.39, 0.29) is 11.9 Å². The molecule has 0 radical (unpaired) electrons. The van der Waals surface area contributed by atoms with Crippen LogP contribution in [0.1, 0.15) is 58.3 Å². The van der Waals surface area contributed by atoms with Gasteiger partial charge in [-0.3, -0.25) is 4.79 Å². The molecule has 0 aromatic rings. The summed E-state index contributed by atoms with van der Waals surface area (Å²) in [6.45, 7) is 6.76. The molecule has 22 heavy (non-hydrogen) atoms. The summed E-state index contributed by atoms with van der Waals surface area (Å²) < 4.78 is 0. The van der Waals surface area contributed by atoms with Crippen LogP contribution in [0.25, 0.3) is 0 Å². The minimum Gasteiger partial charge on any atom is -0.355 e. The lowest BCUT2D eigenvalue weighted by Gasteiger charge is -2.31. The predicted octanol–water partition coefficient (Wildman–Crippen LogP) is 2.15. The van der Waals surface area contributed by atoms with E-state index in [2.05, 4.69) is 22.5 Å². The Labute approximate surface area is 135 Å². The summed E-state index contributed by atoms with van der Waals surface area (Å²) >= 11 is 0. The van der Waals surface area contributed by atoms with Gasteiger partial charge < -0.3 is 15.5 Å². The van der Waals surface area contributed by atoms with E-state index in [0.717, 1.165) is 31.2 Å². The normalized spacial score (nSPS) is 33.6. The molecule has 3 atom stereocenters. The Balaban J connectivity index is 1.33. The van der Waals surface area contributed by atoms with Gasteiger partial charge in [-0.15, -0.1) is 0 Å². The molecule has 4 nitrogen and oxygen atoms in total. The molecule has 2 heterocycles. The molecule has 2 saturated heterocycles. The van der Waals surface area contributed by atoms with Crippen molar-refractivity contribution < 1.29 is 4.79 Å². The number of hydrogen-bond acceptors (Lipinski definition) is 3. The van der Waals surface area contributed by atoms with Crippen LogP contribution < -0.4 is 10.6 Å². The first-order valence-corrected chi connectivity index (χ1v) is 9.52. The van der Waals surface area contributed by atoms with Gasteiger partial charge in [0.15, 0.2) is 0 Å². The van der Waals surface area contributed by atoms with E-state index in [0.29, 0.717) is 6.04 Å². The van der Waals surface area contributed by atoms with E-state index in [1.165, 1.54) is 58.2 Å². The first-order chi connectivity index (χ1) is 10.8. The molecule has 3 fully saturated rings. The van der Waals surface area contributed by atoms with Gasteiger partial charge >= 0.3 is 0 Å². The highest BCUT2D eigenvalue weighted by Gasteiger charge is 2.38. The topological polar surface area (TPSA) is 44.4 Å². The monoisotopic (exact) mass is 307 g/mol. The van der Waals surface area contributed by atoms with Crippen molar-refractivity contribution in [1.82, 2.24) is 15.5 Å². The zero-order valence-corrected chi connectivity index (χ0v) is 14.2. The summed E-state index contributed by atoms with van der Waals surface area (Å²) in [5.41, 5.74) is 0. The second-order valence-electron chi connectivity index (χ2n) is 7.56. The molecule has 1 aliphatic carbocycles. The highest BCUT2D eigenvalue weighted by molar-refractivity contribution is 5.82. The lowest BCUT2D eigenvalue weighted by Crippen LogP contribution is -2.44. The first kappa shape index (κ1) is 16.3. The number of nitrogens with zero attached hydrogens (tertiary/aromatic N) is 1. The fraction of sp³-hybridized carbons (Fsp3) is 0.944. The van der Waals surface area contributed by atoms with Crippen LogP contribution in [-0.2, 0) is 4.79 Å². The van der Waals surface area contributed by atoms with E-state index < -0.39 is 0 Å². The molecule has 4 heteroatoms. The maximum absolute atomic E-state index is 12.3. The number of rotatable bonds is 5. The molecule has 126 valence electrons. The molecule has 3 aliphatic rings. The first-order valence-electron chi connectivity index (χ1n) is 9.52. The molecule has 2 N–H and O–H groups in total. The van der Waals surface area contributed by atoms with Gasteiger partial charge in [0, 0.05) is 12.6 Å². The van der Waals surface area contributed by atoms with Crippen LogP contribution in [0.2, 0.25) is 0 Å². The van der Waals surface area contributed by atoms with Crippen LogP contribution in [0.4, 0.5) is 0 Å². The second kappa shape index (κ2) is 7.78.